The average molecular weight is 346 g/mol. The Morgan fingerprint density at radius 1 is 0.960 bits per heavy atom. The van der Waals surface area contributed by atoms with Crippen LogP contribution in [0.5, 0.6) is 23.0 Å². The maximum atomic E-state index is 11.8. The molecule has 132 valence electrons. The number of hydrogen-bond donors (Lipinski definition) is 1. The highest BCUT2D eigenvalue weighted by molar-refractivity contribution is 6.03. The summed E-state index contributed by atoms with van der Waals surface area (Å²) in [4.78, 5) is 23.3. The second-order valence-corrected chi connectivity index (χ2v) is 4.94. The van der Waals surface area contributed by atoms with Gasteiger partial charge in [0.2, 0.25) is 5.75 Å². The lowest BCUT2D eigenvalue weighted by Gasteiger charge is -2.19. The molecule has 2 aromatic rings. The van der Waals surface area contributed by atoms with E-state index in [0.717, 1.165) is 0 Å². The van der Waals surface area contributed by atoms with Gasteiger partial charge in [-0.05, 0) is 29.8 Å². The third-order valence-electron chi connectivity index (χ3n) is 3.72. The van der Waals surface area contributed by atoms with Gasteiger partial charge in [0.1, 0.15) is 5.75 Å². The number of hydrogen-bond acceptors (Lipinski definition) is 6. The van der Waals surface area contributed by atoms with Crippen LogP contribution in [0.4, 0.5) is 0 Å². The van der Waals surface area contributed by atoms with E-state index in [1.807, 2.05) is 0 Å². The van der Waals surface area contributed by atoms with Gasteiger partial charge in [-0.2, -0.15) is 0 Å². The Morgan fingerprint density at radius 3 is 2.12 bits per heavy atom. The van der Waals surface area contributed by atoms with E-state index < -0.39 is 5.97 Å². The second-order valence-electron chi connectivity index (χ2n) is 4.94. The fourth-order valence-electron chi connectivity index (χ4n) is 2.59. The molecule has 2 aromatic carbocycles. The zero-order valence-corrected chi connectivity index (χ0v) is 14.3. The van der Waals surface area contributed by atoms with Crippen LogP contribution in [0.15, 0.2) is 24.3 Å². The Morgan fingerprint density at radius 2 is 1.64 bits per heavy atom. The van der Waals surface area contributed by atoms with E-state index in [2.05, 4.69) is 0 Å². The van der Waals surface area contributed by atoms with Crippen molar-refractivity contribution in [3.63, 3.8) is 0 Å². The molecular weight excluding hydrogens is 328 g/mol. The smallest absolute Gasteiger partial charge is 0.336 e. The minimum absolute atomic E-state index is 0.0808. The summed E-state index contributed by atoms with van der Waals surface area (Å²) in [5.74, 6) is -0.115. The molecule has 1 N–H and O–H groups in total. The Balaban J connectivity index is 2.93. The number of ether oxygens (including phenoxy) is 4. The molecule has 0 aliphatic rings. The summed E-state index contributed by atoms with van der Waals surface area (Å²) in [7, 11) is 5.67. The molecule has 2 rings (SSSR count). The third kappa shape index (κ3) is 3.21. The van der Waals surface area contributed by atoms with Crippen LogP contribution in [0, 0.1) is 0 Å². The lowest BCUT2D eigenvalue weighted by Crippen LogP contribution is -2.06. The molecule has 0 aliphatic heterocycles. The minimum atomic E-state index is -1.19. The number of carbonyl (C=O) groups excluding carboxylic acids is 1. The summed E-state index contributed by atoms with van der Waals surface area (Å²) in [6.45, 7) is 0. The first kappa shape index (κ1) is 18.1. The molecular formula is C18H18O7. The molecule has 0 bridgehead atoms. The maximum absolute atomic E-state index is 11.8. The highest BCUT2D eigenvalue weighted by Gasteiger charge is 2.26. The first-order valence-corrected chi connectivity index (χ1v) is 7.22. The van der Waals surface area contributed by atoms with Crippen LogP contribution in [0.25, 0.3) is 11.1 Å². The van der Waals surface area contributed by atoms with E-state index in [0.29, 0.717) is 17.6 Å². The van der Waals surface area contributed by atoms with Crippen molar-refractivity contribution < 1.29 is 33.6 Å². The molecule has 0 unspecified atom stereocenters. The molecule has 0 saturated carbocycles. The second kappa shape index (κ2) is 7.57. The molecule has 0 aromatic heterocycles. The number of rotatable bonds is 7. The largest absolute Gasteiger partial charge is 0.497 e. The van der Waals surface area contributed by atoms with Crippen molar-refractivity contribution in [1.82, 2.24) is 0 Å². The molecule has 0 saturated heterocycles. The predicted octanol–water partition coefficient (Wildman–Crippen LogP) is 2.90. The number of methoxy groups -OCH3 is 4. The molecule has 0 radical (unpaired) electrons. The molecule has 0 spiro atoms. The summed E-state index contributed by atoms with van der Waals surface area (Å²) >= 11 is 0. The minimum Gasteiger partial charge on any atom is -0.497 e. The summed E-state index contributed by atoms with van der Waals surface area (Å²) in [6.07, 6.45) is 0.625. The van der Waals surface area contributed by atoms with Crippen molar-refractivity contribution >= 4 is 12.3 Å². The molecule has 0 atom stereocenters. The molecule has 7 heteroatoms. The lowest BCUT2D eigenvalue weighted by atomic mass is 9.93. The standard InChI is InChI=1S/C18H18O7/c1-22-11-5-6-12(10(7-11)9-19)15-13(18(20)21)8-14(23-2)16(24-3)17(15)25-4/h5-9H,1-4H3,(H,20,21). The third-order valence-corrected chi connectivity index (χ3v) is 3.72. The molecule has 25 heavy (non-hydrogen) atoms. The topological polar surface area (TPSA) is 91.3 Å². The van der Waals surface area contributed by atoms with Gasteiger partial charge in [-0.1, -0.05) is 0 Å². The Labute approximate surface area is 144 Å². The van der Waals surface area contributed by atoms with Crippen molar-refractivity contribution in [2.45, 2.75) is 0 Å². The van der Waals surface area contributed by atoms with Crippen molar-refractivity contribution in [2.75, 3.05) is 28.4 Å². The number of carbonyl (C=O) groups is 2. The van der Waals surface area contributed by atoms with Gasteiger partial charge in [0.05, 0.1) is 34.0 Å². The Bertz CT molecular complexity index is 812. The van der Waals surface area contributed by atoms with Gasteiger partial charge >= 0.3 is 5.97 Å². The molecule has 0 heterocycles. The van der Waals surface area contributed by atoms with E-state index in [1.165, 1.54) is 40.6 Å². The van der Waals surface area contributed by atoms with Crippen LogP contribution in [-0.4, -0.2) is 45.8 Å². The van der Waals surface area contributed by atoms with Crippen LogP contribution in [0.1, 0.15) is 20.7 Å². The van der Waals surface area contributed by atoms with Crippen molar-refractivity contribution in [1.29, 1.82) is 0 Å². The molecule has 0 aliphatic carbocycles. The highest BCUT2D eigenvalue weighted by atomic mass is 16.5. The van der Waals surface area contributed by atoms with Crippen LogP contribution in [0.2, 0.25) is 0 Å². The number of carboxylic acids is 1. The maximum Gasteiger partial charge on any atom is 0.336 e. The van der Waals surface area contributed by atoms with Crippen LogP contribution in [0.3, 0.4) is 0 Å². The van der Waals surface area contributed by atoms with Crippen LogP contribution in [-0.2, 0) is 0 Å². The first-order chi connectivity index (χ1) is 12.0. The monoisotopic (exact) mass is 346 g/mol. The quantitative estimate of drug-likeness (QED) is 0.771. The first-order valence-electron chi connectivity index (χ1n) is 7.22. The zero-order chi connectivity index (χ0) is 18.6. The zero-order valence-electron chi connectivity index (χ0n) is 14.3. The van der Waals surface area contributed by atoms with Gasteiger partial charge in [0, 0.05) is 11.1 Å². The summed E-state index contributed by atoms with van der Waals surface area (Å²) in [5, 5.41) is 9.63. The van der Waals surface area contributed by atoms with E-state index >= 15 is 0 Å². The molecule has 7 nitrogen and oxygen atoms in total. The van der Waals surface area contributed by atoms with Gasteiger partial charge in [-0.25, -0.2) is 4.79 Å². The highest BCUT2D eigenvalue weighted by Crippen LogP contribution is 2.47. The molecule has 0 fully saturated rings. The van der Waals surface area contributed by atoms with E-state index in [9.17, 15) is 14.7 Å². The van der Waals surface area contributed by atoms with Crippen LogP contribution >= 0.6 is 0 Å². The fourth-order valence-corrected chi connectivity index (χ4v) is 2.59. The predicted molar refractivity (Wildman–Crippen MR) is 90.4 cm³/mol. The summed E-state index contributed by atoms with van der Waals surface area (Å²) in [5.41, 5.74) is 0.776. The van der Waals surface area contributed by atoms with Gasteiger partial charge < -0.3 is 24.1 Å². The number of aromatic carboxylic acids is 1. The van der Waals surface area contributed by atoms with Gasteiger partial charge in [0.25, 0.3) is 0 Å². The van der Waals surface area contributed by atoms with Crippen LogP contribution < -0.4 is 18.9 Å². The SMILES string of the molecule is COc1ccc(-c2c(C(=O)O)cc(OC)c(OC)c2OC)c(C=O)c1. The number of aldehydes is 1. The fraction of sp³-hybridized carbons (Fsp3) is 0.222. The van der Waals surface area contributed by atoms with Crippen molar-refractivity contribution in [3.05, 3.63) is 35.4 Å². The number of benzene rings is 2. The van der Waals surface area contributed by atoms with E-state index in [-0.39, 0.29) is 33.9 Å². The Hall–Kier alpha value is -3.22. The van der Waals surface area contributed by atoms with E-state index in [1.54, 1.807) is 12.1 Å². The van der Waals surface area contributed by atoms with Crippen molar-refractivity contribution in [2.24, 2.45) is 0 Å². The lowest BCUT2D eigenvalue weighted by molar-refractivity contribution is 0.0696. The normalized spacial score (nSPS) is 10.1. The Kier molecular flexibility index (Phi) is 5.49. The summed E-state index contributed by atoms with van der Waals surface area (Å²) < 4.78 is 21.0. The molecule has 0 amide bonds. The van der Waals surface area contributed by atoms with Crippen molar-refractivity contribution in [3.8, 4) is 34.1 Å². The average Bonchev–Trinajstić information content (AvgIpc) is 2.65. The van der Waals surface area contributed by atoms with E-state index in [4.69, 9.17) is 18.9 Å². The van der Waals surface area contributed by atoms with Gasteiger partial charge in [-0.3, -0.25) is 4.79 Å². The van der Waals surface area contributed by atoms with Gasteiger partial charge in [-0.15, -0.1) is 0 Å². The van der Waals surface area contributed by atoms with Gasteiger partial charge in [0.15, 0.2) is 17.8 Å². The summed E-state index contributed by atoms with van der Waals surface area (Å²) in [6, 6.07) is 6.07. The number of carboxylic acid groups (broad SMARTS) is 1.